The Balaban J connectivity index is 2.41. The van der Waals surface area contributed by atoms with Crippen LogP contribution in [0.2, 0.25) is 0 Å². The van der Waals surface area contributed by atoms with Gasteiger partial charge in [-0.1, -0.05) is 56.3 Å². The molecule has 0 radical (unpaired) electrons. The van der Waals surface area contributed by atoms with E-state index in [0.29, 0.717) is 5.56 Å². The molecule has 35 heteroatoms. The van der Waals surface area contributed by atoms with Gasteiger partial charge in [0, 0.05) is 37.9 Å². The molecule has 0 saturated heterocycles. The summed E-state index contributed by atoms with van der Waals surface area (Å²) in [7, 11) is 0. The van der Waals surface area contributed by atoms with Gasteiger partial charge < -0.3 is 100 Å². The lowest BCUT2D eigenvalue weighted by Gasteiger charge is -2.27. The Morgan fingerprint density at radius 1 is 0.483 bits per heavy atom. The molecular formula is C54H76N12O22S. The van der Waals surface area contributed by atoms with Gasteiger partial charge in [-0.3, -0.25) is 67.1 Å². The summed E-state index contributed by atoms with van der Waals surface area (Å²) in [6, 6.07) is -4.12. The maximum absolute atomic E-state index is 14.2. The molecule has 11 atom stereocenters. The van der Waals surface area contributed by atoms with Crippen LogP contribution in [0.15, 0.2) is 54.6 Å². The Hall–Kier alpha value is -9.48. The van der Waals surface area contributed by atoms with Crippen LogP contribution >= 0.6 is 12.6 Å². The van der Waals surface area contributed by atoms with Crippen molar-refractivity contribution in [1.29, 1.82) is 0 Å². The molecule has 0 aliphatic carbocycles. The van der Waals surface area contributed by atoms with E-state index < -0.39 is 225 Å². The van der Waals surface area contributed by atoms with E-state index in [-0.39, 0.29) is 24.2 Å². The zero-order chi connectivity index (χ0) is 67.2. The third-order valence-electron chi connectivity index (χ3n) is 12.9. The molecule has 2 aromatic rings. The molecule has 0 spiro atoms. The molecule has 0 aromatic heterocycles. The third kappa shape index (κ3) is 27.8. The molecule has 0 saturated carbocycles. The average molecular weight is 1280 g/mol. The number of aliphatic hydroxyl groups excluding tert-OH is 2. The fourth-order valence-electron chi connectivity index (χ4n) is 8.01. The number of phenolic OH excluding ortho intramolecular Hbond substituents is 1. The van der Waals surface area contributed by atoms with Crippen LogP contribution in [0.1, 0.15) is 76.8 Å². The summed E-state index contributed by atoms with van der Waals surface area (Å²) in [4.78, 5) is 194. The van der Waals surface area contributed by atoms with E-state index in [9.17, 15) is 103 Å². The molecule has 0 unspecified atom stereocenters. The van der Waals surface area contributed by atoms with Crippen LogP contribution in [0, 0.1) is 5.92 Å². The van der Waals surface area contributed by atoms with Gasteiger partial charge >= 0.3 is 23.9 Å². The molecule has 11 amide bonds. The summed E-state index contributed by atoms with van der Waals surface area (Å²) < 4.78 is 0. The van der Waals surface area contributed by atoms with Crippen molar-refractivity contribution in [2.75, 3.05) is 18.9 Å². The molecule has 0 aliphatic rings. The van der Waals surface area contributed by atoms with Crippen molar-refractivity contribution in [3.8, 4) is 5.75 Å². The number of aromatic hydroxyl groups is 1. The first-order chi connectivity index (χ1) is 41.8. The number of rotatable bonds is 40. The Morgan fingerprint density at radius 3 is 1.39 bits per heavy atom. The number of aliphatic carboxylic acids is 4. The number of benzene rings is 2. The highest BCUT2D eigenvalue weighted by atomic mass is 32.1. The number of thiol groups is 1. The second-order valence-corrected chi connectivity index (χ2v) is 20.9. The van der Waals surface area contributed by atoms with Gasteiger partial charge in [-0.05, 0) is 55.4 Å². The second kappa shape index (κ2) is 37.9. The fraction of sp³-hybridized carbons (Fsp3) is 0.500. The maximum Gasteiger partial charge on any atom is 0.326 e. The van der Waals surface area contributed by atoms with Gasteiger partial charge in [-0.2, -0.15) is 12.6 Å². The largest absolute Gasteiger partial charge is 0.508 e. The molecule has 490 valence electrons. The molecule has 21 N–H and O–H groups in total. The molecule has 2 rings (SSSR count). The summed E-state index contributed by atoms with van der Waals surface area (Å²) >= 11 is 4.01. The number of amides is 11. The highest BCUT2D eigenvalue weighted by Crippen LogP contribution is 2.13. The summed E-state index contributed by atoms with van der Waals surface area (Å²) in [5.74, 6) is -19.7. The number of carboxylic acids is 4. The number of nitrogens with one attached hydrogen (secondary N) is 10. The second-order valence-electron chi connectivity index (χ2n) is 20.5. The fourth-order valence-corrected chi connectivity index (χ4v) is 8.27. The first-order valence-corrected chi connectivity index (χ1v) is 28.0. The lowest BCUT2D eigenvalue weighted by atomic mass is 10.0. The van der Waals surface area contributed by atoms with E-state index in [2.05, 4.69) is 65.8 Å². The van der Waals surface area contributed by atoms with Crippen LogP contribution in [0.4, 0.5) is 0 Å². The van der Waals surface area contributed by atoms with Crippen LogP contribution in [0.5, 0.6) is 5.75 Å². The van der Waals surface area contributed by atoms with Crippen molar-refractivity contribution in [2.45, 2.75) is 145 Å². The van der Waals surface area contributed by atoms with E-state index in [1.807, 2.05) is 0 Å². The molecule has 0 aliphatic heterocycles. The lowest BCUT2D eigenvalue weighted by Crippen LogP contribution is -2.61. The van der Waals surface area contributed by atoms with Crippen molar-refractivity contribution < 1.29 is 108 Å². The zero-order valence-electron chi connectivity index (χ0n) is 48.5. The minimum Gasteiger partial charge on any atom is -0.508 e. The monoisotopic (exact) mass is 1280 g/mol. The van der Waals surface area contributed by atoms with Gasteiger partial charge in [0.05, 0.1) is 31.7 Å². The number of carbonyl (C=O) groups is 15. The minimum absolute atomic E-state index is 0.206. The Bertz CT molecular complexity index is 2850. The van der Waals surface area contributed by atoms with Gasteiger partial charge in [-0.15, -0.1) is 0 Å². The third-order valence-corrected chi connectivity index (χ3v) is 13.3. The van der Waals surface area contributed by atoms with Gasteiger partial charge in [0.25, 0.3) is 0 Å². The van der Waals surface area contributed by atoms with Crippen LogP contribution in [0.3, 0.4) is 0 Å². The Labute approximate surface area is 513 Å². The standard InChI is InChI=1S/C54H76N12O22S/c1-25(2)43(54(87)88)65-50(83)35(21-38(56)70)62-47(80)32(15-18-42(76)77)59-49(82)34(19-27-7-5-4-6-8-27)61-51(84)36(23-67)63-48(81)33(20-28-9-11-29(69)12-10-28)58-39(71)22-57-46(79)31(14-17-41(74)75)60-53(86)44(26(3)68)66-52(85)37(24-89)64-45(78)30(55)13-16-40(72)73/h4-12,25-26,30-37,43-44,67-69,89H,13-24,55H2,1-3H3,(H2,56,70)(H,57,79)(H,58,71)(H,59,82)(H,60,86)(H,61,84)(H,62,80)(H,63,81)(H,64,78)(H,65,83)(H,66,85)(H,72,73)(H,74,75)(H,76,77)(H,87,88)/t26-,30+,31+,32+,33+,34+,35+,36+,37+,43+,44+/m1/s1. The number of carboxylic acid groups (broad SMARTS) is 4. The predicted molar refractivity (Wildman–Crippen MR) is 310 cm³/mol. The smallest absolute Gasteiger partial charge is 0.326 e. The number of aliphatic hydroxyl groups is 2. The van der Waals surface area contributed by atoms with Crippen molar-refractivity contribution in [3.05, 3.63) is 65.7 Å². The lowest BCUT2D eigenvalue weighted by molar-refractivity contribution is -0.144. The van der Waals surface area contributed by atoms with Crippen LogP contribution < -0.4 is 64.6 Å². The van der Waals surface area contributed by atoms with Gasteiger partial charge in [0.1, 0.15) is 60.1 Å². The predicted octanol–water partition coefficient (Wildman–Crippen LogP) is -6.50. The molecule has 2 aromatic carbocycles. The number of primary amides is 1. The number of hydrogen-bond acceptors (Lipinski definition) is 20. The Kier molecular flexibility index (Phi) is 32.2. The van der Waals surface area contributed by atoms with Crippen molar-refractivity contribution in [3.63, 3.8) is 0 Å². The first-order valence-electron chi connectivity index (χ1n) is 27.4. The normalized spacial score (nSPS) is 14.7. The number of carbonyl (C=O) groups excluding carboxylic acids is 11. The molecule has 0 fully saturated rings. The van der Waals surface area contributed by atoms with Crippen LogP contribution in [-0.2, 0) is 84.8 Å². The zero-order valence-corrected chi connectivity index (χ0v) is 49.4. The quantitative estimate of drug-likeness (QED) is 0.0276. The van der Waals surface area contributed by atoms with E-state index in [0.717, 1.165) is 6.92 Å². The van der Waals surface area contributed by atoms with Crippen molar-refractivity contribution in [1.82, 2.24) is 53.2 Å². The van der Waals surface area contributed by atoms with Gasteiger partial charge in [0.15, 0.2) is 0 Å². The highest BCUT2D eigenvalue weighted by Gasteiger charge is 2.37. The summed E-state index contributed by atoms with van der Waals surface area (Å²) in [5, 5.41) is 90.7. The summed E-state index contributed by atoms with van der Waals surface area (Å²) in [5.41, 5.74) is 11.7. The van der Waals surface area contributed by atoms with E-state index in [1.165, 1.54) is 50.2 Å². The van der Waals surface area contributed by atoms with Crippen molar-refractivity contribution >= 4 is 101 Å². The van der Waals surface area contributed by atoms with E-state index in [4.69, 9.17) is 16.6 Å². The Morgan fingerprint density at radius 2 is 0.899 bits per heavy atom. The number of nitrogens with two attached hydrogens (primary N) is 2. The summed E-state index contributed by atoms with van der Waals surface area (Å²) in [6.45, 7) is 1.79. The molecule has 0 bridgehead atoms. The van der Waals surface area contributed by atoms with Crippen molar-refractivity contribution in [2.24, 2.45) is 17.4 Å². The minimum atomic E-state index is -1.95. The maximum atomic E-state index is 14.2. The average Bonchev–Trinajstić information content (AvgIpc) is 2.74. The summed E-state index contributed by atoms with van der Waals surface area (Å²) in [6.07, 6.45) is -6.99. The van der Waals surface area contributed by atoms with Crippen LogP contribution in [-0.4, -0.2) is 210 Å². The highest BCUT2D eigenvalue weighted by molar-refractivity contribution is 7.80. The number of phenols is 1. The SMILES string of the molecule is CC(C)[C@H](NC(=O)[C@H](CC(N)=O)NC(=O)[C@H](CCC(=O)O)NC(=O)[C@H](Cc1ccccc1)NC(=O)[C@H](CO)NC(=O)[C@H](Cc1ccc(O)cc1)NC(=O)CNC(=O)[C@H](CCC(=O)O)NC(=O)[C@@H](NC(=O)[C@H](CS)NC(=O)[C@@H](N)CCC(=O)O)[C@@H](C)O)C(=O)O. The molecular weight excluding hydrogens is 1200 g/mol. The molecule has 0 heterocycles. The van der Waals surface area contributed by atoms with Gasteiger partial charge in [-0.25, -0.2) is 4.79 Å². The van der Waals surface area contributed by atoms with Crippen LogP contribution in [0.25, 0.3) is 0 Å². The van der Waals surface area contributed by atoms with E-state index >= 15 is 0 Å². The first kappa shape index (κ1) is 75.6. The molecule has 89 heavy (non-hydrogen) atoms. The number of hydrogen-bond donors (Lipinski definition) is 20. The van der Waals surface area contributed by atoms with Gasteiger partial charge in [0.2, 0.25) is 65.0 Å². The van der Waals surface area contributed by atoms with E-state index in [1.54, 1.807) is 18.2 Å². The topological polar surface area (TPSA) is 570 Å². The molecule has 34 nitrogen and oxygen atoms in total.